The van der Waals surface area contributed by atoms with Crippen molar-refractivity contribution < 1.29 is 23.9 Å². The largest absolute Gasteiger partial charge is 0.444 e. The van der Waals surface area contributed by atoms with Gasteiger partial charge in [0.15, 0.2) is 0 Å². The van der Waals surface area contributed by atoms with Crippen molar-refractivity contribution in [1.29, 1.82) is 0 Å². The molecule has 10 nitrogen and oxygen atoms in total. The van der Waals surface area contributed by atoms with E-state index in [2.05, 4.69) is 20.5 Å². The maximum atomic E-state index is 13.4. The molecule has 0 aliphatic carbocycles. The highest BCUT2D eigenvalue weighted by atomic mass is 32.2. The fourth-order valence-corrected chi connectivity index (χ4v) is 6.11. The molecule has 2 aromatic carbocycles. The average Bonchev–Trinajstić information content (AvgIpc) is 3.47. The van der Waals surface area contributed by atoms with Gasteiger partial charge >= 0.3 is 6.09 Å². The molecule has 2 N–H and O–H groups in total. The molecule has 2 saturated heterocycles. The molecule has 5 rings (SSSR count). The number of hydrogen-bond donors (Lipinski definition) is 2. The van der Waals surface area contributed by atoms with Crippen molar-refractivity contribution in [2.75, 3.05) is 50.5 Å². The number of nitrogens with one attached hydrogen (secondary N) is 2. The zero-order chi connectivity index (χ0) is 28.4. The molecule has 0 bridgehead atoms. The minimum atomic E-state index is -0.746. The number of thioether (sulfide) groups is 1. The Bertz CT molecular complexity index is 1310. The first-order valence-electron chi connectivity index (χ1n) is 13.6. The number of amides is 3. The second kappa shape index (κ2) is 14.1. The second-order valence-electron chi connectivity index (χ2n) is 9.71. The van der Waals surface area contributed by atoms with Crippen molar-refractivity contribution in [2.24, 2.45) is 0 Å². The van der Waals surface area contributed by atoms with Gasteiger partial charge in [-0.1, -0.05) is 30.3 Å². The van der Waals surface area contributed by atoms with E-state index in [1.54, 1.807) is 36.7 Å². The Kier molecular flexibility index (Phi) is 9.84. The van der Waals surface area contributed by atoms with Crippen LogP contribution in [0.25, 0.3) is 0 Å². The van der Waals surface area contributed by atoms with Crippen LogP contribution in [0.15, 0.2) is 79.1 Å². The number of morpholine rings is 1. The van der Waals surface area contributed by atoms with Crippen LogP contribution in [-0.2, 0) is 20.9 Å². The highest BCUT2D eigenvalue weighted by Gasteiger charge is 2.43. The summed E-state index contributed by atoms with van der Waals surface area (Å²) in [7, 11) is 0. The summed E-state index contributed by atoms with van der Waals surface area (Å²) >= 11 is 1.50. The van der Waals surface area contributed by atoms with Gasteiger partial charge in [-0.2, -0.15) is 0 Å². The Hall–Kier alpha value is -3.93. The van der Waals surface area contributed by atoms with Crippen molar-refractivity contribution in [2.45, 2.75) is 18.0 Å². The Morgan fingerprint density at radius 1 is 0.976 bits per heavy atom. The highest BCUT2D eigenvalue weighted by Crippen LogP contribution is 2.42. The lowest BCUT2D eigenvalue weighted by molar-refractivity contribution is -0.120. The van der Waals surface area contributed by atoms with Crippen molar-refractivity contribution >= 4 is 35.4 Å². The summed E-state index contributed by atoms with van der Waals surface area (Å²) in [4.78, 5) is 47.1. The molecular formula is C30H33N5O5S. The summed E-state index contributed by atoms with van der Waals surface area (Å²) in [5.74, 6) is -0.0904. The summed E-state index contributed by atoms with van der Waals surface area (Å²) in [6.07, 6.45) is 2.76. The molecule has 3 aromatic rings. The zero-order valence-corrected chi connectivity index (χ0v) is 23.4. The van der Waals surface area contributed by atoms with Gasteiger partial charge in [-0.3, -0.25) is 24.4 Å². The van der Waals surface area contributed by atoms with Crippen LogP contribution in [0, 0.1) is 0 Å². The van der Waals surface area contributed by atoms with E-state index in [0.717, 1.165) is 44.0 Å². The molecule has 2 atom stereocenters. The molecule has 2 unspecified atom stereocenters. The summed E-state index contributed by atoms with van der Waals surface area (Å²) in [6, 6.07) is 19.1. The van der Waals surface area contributed by atoms with E-state index in [4.69, 9.17) is 9.47 Å². The molecular weight excluding hydrogens is 542 g/mol. The topological polar surface area (TPSA) is 113 Å². The lowest BCUT2D eigenvalue weighted by Gasteiger charge is -2.28. The Labute approximate surface area is 243 Å². The number of ether oxygens (including phenoxy) is 2. The van der Waals surface area contributed by atoms with Crippen molar-refractivity contribution in [1.82, 2.24) is 20.1 Å². The smallest absolute Gasteiger partial charge is 0.412 e. The second-order valence-corrected chi connectivity index (χ2v) is 10.8. The van der Waals surface area contributed by atoms with Crippen LogP contribution < -0.4 is 10.6 Å². The molecule has 0 saturated carbocycles. The first kappa shape index (κ1) is 28.6. The average molecular weight is 576 g/mol. The molecule has 3 heterocycles. The third-order valence-corrected chi connectivity index (χ3v) is 8.27. The van der Waals surface area contributed by atoms with Gasteiger partial charge in [-0.25, -0.2) is 4.79 Å². The molecule has 2 aliphatic rings. The first-order valence-corrected chi connectivity index (χ1v) is 14.6. The summed E-state index contributed by atoms with van der Waals surface area (Å²) in [5, 5.41) is 5.45. The Balaban J connectivity index is 1.20. The molecule has 0 radical (unpaired) electrons. The van der Waals surface area contributed by atoms with Gasteiger partial charge in [0.05, 0.1) is 13.2 Å². The first-order chi connectivity index (χ1) is 20.1. The lowest BCUT2D eigenvalue weighted by atomic mass is 10.1. The number of carbonyl (C=O) groups is 3. The van der Waals surface area contributed by atoms with Crippen LogP contribution in [0.1, 0.15) is 26.9 Å². The van der Waals surface area contributed by atoms with Crippen LogP contribution in [0.2, 0.25) is 0 Å². The van der Waals surface area contributed by atoms with E-state index in [1.807, 2.05) is 42.5 Å². The molecule has 0 spiro atoms. The van der Waals surface area contributed by atoms with Gasteiger partial charge in [0.25, 0.3) is 5.91 Å². The van der Waals surface area contributed by atoms with Crippen LogP contribution in [0.3, 0.4) is 0 Å². The lowest BCUT2D eigenvalue weighted by Crippen LogP contribution is -2.45. The van der Waals surface area contributed by atoms with Crippen LogP contribution in [0.5, 0.6) is 0 Å². The predicted octanol–water partition coefficient (Wildman–Crippen LogP) is 3.54. The Morgan fingerprint density at radius 2 is 1.71 bits per heavy atom. The number of carbonyl (C=O) groups excluding carboxylic acids is 3. The SMILES string of the molecule is O=C(NCCN1CCOCC1)c1ccc(NC(=O)C2CSC(c3ccncc3)N2C(=O)OCc2ccccc2)cc1. The monoisotopic (exact) mass is 575 g/mol. The van der Waals surface area contributed by atoms with Gasteiger partial charge < -0.3 is 20.1 Å². The van der Waals surface area contributed by atoms with Gasteiger partial charge in [-0.15, -0.1) is 11.8 Å². The van der Waals surface area contributed by atoms with E-state index < -0.39 is 12.1 Å². The minimum Gasteiger partial charge on any atom is -0.444 e. The number of anilines is 1. The zero-order valence-electron chi connectivity index (χ0n) is 22.6. The van der Waals surface area contributed by atoms with E-state index >= 15 is 0 Å². The van der Waals surface area contributed by atoms with Gasteiger partial charge in [0, 0.05) is 55.6 Å². The maximum Gasteiger partial charge on any atom is 0.412 e. The van der Waals surface area contributed by atoms with Crippen LogP contribution in [0.4, 0.5) is 10.5 Å². The third-order valence-electron chi connectivity index (χ3n) is 6.94. The quantitative estimate of drug-likeness (QED) is 0.399. The van der Waals surface area contributed by atoms with Crippen LogP contribution in [-0.4, -0.2) is 83.9 Å². The normalized spacial score (nSPS) is 19.0. The summed E-state index contributed by atoms with van der Waals surface area (Å²) < 4.78 is 11.0. The van der Waals surface area contributed by atoms with Crippen molar-refractivity contribution in [3.05, 3.63) is 95.8 Å². The standard InChI is InChI=1S/C30H33N5O5S/c36-27(32-14-15-34-16-18-39-19-17-34)23-6-8-25(9-7-23)33-28(37)26-21-41-29(24-10-12-31-13-11-24)35(26)30(38)40-20-22-4-2-1-3-5-22/h1-13,26,29H,14-21H2,(H,32,36)(H,33,37). The number of hydrogen-bond acceptors (Lipinski definition) is 8. The van der Waals surface area contributed by atoms with E-state index in [9.17, 15) is 14.4 Å². The third kappa shape index (κ3) is 7.63. The number of benzene rings is 2. The maximum absolute atomic E-state index is 13.4. The van der Waals surface area contributed by atoms with Crippen molar-refractivity contribution in [3.63, 3.8) is 0 Å². The van der Waals surface area contributed by atoms with Crippen LogP contribution >= 0.6 is 11.8 Å². The molecule has 11 heteroatoms. The fourth-order valence-electron chi connectivity index (χ4n) is 4.69. The molecule has 1 aromatic heterocycles. The number of rotatable bonds is 9. The minimum absolute atomic E-state index is 0.105. The van der Waals surface area contributed by atoms with E-state index in [1.165, 1.54) is 16.7 Å². The number of aromatic nitrogens is 1. The molecule has 2 fully saturated rings. The van der Waals surface area contributed by atoms with Gasteiger partial charge in [0.1, 0.15) is 18.0 Å². The van der Waals surface area contributed by atoms with E-state index in [-0.39, 0.29) is 23.8 Å². The number of nitrogens with zero attached hydrogens (tertiary/aromatic N) is 3. The number of pyridine rings is 1. The molecule has 3 amide bonds. The fraction of sp³-hybridized carbons (Fsp3) is 0.333. The van der Waals surface area contributed by atoms with Crippen molar-refractivity contribution in [3.8, 4) is 0 Å². The van der Waals surface area contributed by atoms with Gasteiger partial charge in [0.2, 0.25) is 5.91 Å². The Morgan fingerprint density at radius 3 is 2.44 bits per heavy atom. The predicted molar refractivity (Wildman–Crippen MR) is 156 cm³/mol. The van der Waals surface area contributed by atoms with E-state index in [0.29, 0.717) is 23.5 Å². The highest BCUT2D eigenvalue weighted by molar-refractivity contribution is 7.99. The molecule has 41 heavy (non-hydrogen) atoms. The summed E-state index contributed by atoms with van der Waals surface area (Å²) in [6.45, 7) is 4.60. The molecule has 214 valence electrons. The summed E-state index contributed by atoms with van der Waals surface area (Å²) in [5.41, 5.74) is 2.76. The van der Waals surface area contributed by atoms with Gasteiger partial charge in [-0.05, 0) is 47.5 Å². The molecule has 2 aliphatic heterocycles.